The van der Waals surface area contributed by atoms with Crippen LogP contribution in [0.2, 0.25) is 0 Å². The number of aryl methyl sites for hydroxylation is 1. The summed E-state index contributed by atoms with van der Waals surface area (Å²) in [6.45, 7) is 4.32. The van der Waals surface area contributed by atoms with Gasteiger partial charge in [-0.15, -0.1) is 0 Å². The molecule has 1 aliphatic rings. The van der Waals surface area contributed by atoms with Crippen LogP contribution in [0.3, 0.4) is 0 Å². The highest BCUT2D eigenvalue weighted by atomic mass is 16.5. The zero-order valence-electron chi connectivity index (χ0n) is 14.4. The van der Waals surface area contributed by atoms with Crippen molar-refractivity contribution in [1.82, 2.24) is 19.8 Å². The Labute approximate surface area is 142 Å². The molecule has 0 spiro atoms. The van der Waals surface area contributed by atoms with E-state index < -0.39 is 0 Å². The molecule has 7 nitrogen and oxygen atoms in total. The van der Waals surface area contributed by atoms with Gasteiger partial charge in [-0.25, -0.2) is 9.78 Å². The molecule has 1 N–H and O–H groups in total. The van der Waals surface area contributed by atoms with Gasteiger partial charge in [0.1, 0.15) is 0 Å². The number of ether oxygens (including phenoxy) is 1. The number of amides is 2. The lowest BCUT2D eigenvalue weighted by molar-refractivity contribution is 0.183. The summed E-state index contributed by atoms with van der Waals surface area (Å²) in [7, 11) is 3.71. The fourth-order valence-electron chi connectivity index (χ4n) is 3.05. The second-order valence-corrected chi connectivity index (χ2v) is 6.01. The Bertz CT molecular complexity index is 691. The minimum atomic E-state index is 0.00996. The van der Waals surface area contributed by atoms with E-state index in [2.05, 4.69) is 20.9 Å². The lowest BCUT2D eigenvalue weighted by Gasteiger charge is -2.35. The number of anilines is 1. The van der Waals surface area contributed by atoms with Gasteiger partial charge in [-0.1, -0.05) is 12.1 Å². The number of carbonyl (C=O) groups is 1. The van der Waals surface area contributed by atoms with E-state index in [9.17, 15) is 4.79 Å². The molecule has 1 aliphatic heterocycles. The fraction of sp³-hybridized carbons (Fsp3) is 0.529. The van der Waals surface area contributed by atoms with Crippen molar-refractivity contribution >= 4 is 23.0 Å². The summed E-state index contributed by atoms with van der Waals surface area (Å²) < 4.78 is 7.11. The number of aromatic nitrogens is 2. The third-order valence-corrected chi connectivity index (χ3v) is 4.41. The Morgan fingerprint density at radius 1 is 1.25 bits per heavy atom. The standard InChI is InChI=1S/C17H25N5O2/c1-20-15-7-4-3-6-14(15)19-16(20)21-9-11-22(12-10-21)17(23)18-8-5-13-24-2/h3-4,6-7H,5,8-13H2,1-2H3,(H,18,23). The number of hydrogen-bond acceptors (Lipinski definition) is 4. The first-order valence-corrected chi connectivity index (χ1v) is 8.39. The number of nitrogens with zero attached hydrogens (tertiary/aromatic N) is 4. The molecular weight excluding hydrogens is 306 g/mol. The summed E-state index contributed by atoms with van der Waals surface area (Å²) in [5.74, 6) is 0.969. The zero-order chi connectivity index (χ0) is 16.9. The van der Waals surface area contributed by atoms with Crippen LogP contribution in [0.15, 0.2) is 24.3 Å². The van der Waals surface area contributed by atoms with E-state index in [1.165, 1.54) is 0 Å². The number of urea groups is 1. The Balaban J connectivity index is 1.56. The molecular formula is C17H25N5O2. The summed E-state index contributed by atoms with van der Waals surface area (Å²) in [6.07, 6.45) is 0.835. The minimum Gasteiger partial charge on any atom is -0.385 e. The number of nitrogens with one attached hydrogen (secondary N) is 1. The number of methoxy groups -OCH3 is 1. The van der Waals surface area contributed by atoms with E-state index in [1.54, 1.807) is 7.11 Å². The summed E-state index contributed by atoms with van der Waals surface area (Å²) >= 11 is 0. The highest BCUT2D eigenvalue weighted by molar-refractivity contribution is 5.79. The van der Waals surface area contributed by atoms with Crippen molar-refractivity contribution in [3.05, 3.63) is 24.3 Å². The molecule has 2 aromatic rings. The third kappa shape index (κ3) is 3.46. The van der Waals surface area contributed by atoms with Gasteiger partial charge in [0.05, 0.1) is 11.0 Å². The van der Waals surface area contributed by atoms with Gasteiger partial charge in [0.2, 0.25) is 5.95 Å². The predicted octanol–water partition coefficient (Wildman–Crippen LogP) is 1.44. The maximum absolute atomic E-state index is 12.1. The Morgan fingerprint density at radius 3 is 2.71 bits per heavy atom. The van der Waals surface area contributed by atoms with Crippen molar-refractivity contribution in [1.29, 1.82) is 0 Å². The normalized spacial score (nSPS) is 15.1. The topological polar surface area (TPSA) is 62.6 Å². The monoisotopic (exact) mass is 331 g/mol. The second-order valence-electron chi connectivity index (χ2n) is 6.01. The van der Waals surface area contributed by atoms with Crippen LogP contribution >= 0.6 is 0 Å². The molecule has 1 aromatic heterocycles. The highest BCUT2D eigenvalue weighted by Crippen LogP contribution is 2.21. The molecule has 24 heavy (non-hydrogen) atoms. The van der Waals surface area contributed by atoms with E-state index in [0.29, 0.717) is 26.2 Å². The maximum Gasteiger partial charge on any atom is 0.317 e. The summed E-state index contributed by atoms with van der Waals surface area (Å²) in [6, 6.07) is 8.15. The van der Waals surface area contributed by atoms with E-state index in [1.807, 2.05) is 30.1 Å². The second kappa shape index (κ2) is 7.53. The highest BCUT2D eigenvalue weighted by Gasteiger charge is 2.23. The van der Waals surface area contributed by atoms with E-state index in [0.717, 1.165) is 36.5 Å². The van der Waals surface area contributed by atoms with Crippen molar-refractivity contribution < 1.29 is 9.53 Å². The molecule has 0 atom stereocenters. The lowest BCUT2D eigenvalue weighted by Crippen LogP contribution is -2.52. The molecule has 1 fully saturated rings. The van der Waals surface area contributed by atoms with Gasteiger partial charge >= 0.3 is 6.03 Å². The maximum atomic E-state index is 12.1. The van der Waals surface area contributed by atoms with Gasteiger partial charge in [-0.2, -0.15) is 0 Å². The Morgan fingerprint density at radius 2 is 2.00 bits per heavy atom. The number of carbonyl (C=O) groups excluding carboxylic acids is 1. The Hall–Kier alpha value is -2.28. The minimum absolute atomic E-state index is 0.00996. The lowest BCUT2D eigenvalue weighted by atomic mass is 10.3. The van der Waals surface area contributed by atoms with Crippen molar-refractivity contribution in [2.45, 2.75) is 6.42 Å². The van der Waals surface area contributed by atoms with Crippen molar-refractivity contribution in [2.24, 2.45) is 7.05 Å². The molecule has 0 saturated carbocycles. The fourth-order valence-corrected chi connectivity index (χ4v) is 3.05. The number of benzene rings is 1. The largest absolute Gasteiger partial charge is 0.385 e. The van der Waals surface area contributed by atoms with Gasteiger partial charge in [0, 0.05) is 53.5 Å². The average molecular weight is 331 g/mol. The average Bonchev–Trinajstić information content (AvgIpc) is 2.96. The first-order chi connectivity index (χ1) is 11.7. The summed E-state index contributed by atoms with van der Waals surface area (Å²) in [5, 5.41) is 2.94. The van der Waals surface area contributed by atoms with E-state index >= 15 is 0 Å². The predicted molar refractivity (Wildman–Crippen MR) is 94.4 cm³/mol. The van der Waals surface area contributed by atoms with Crippen molar-refractivity contribution in [2.75, 3.05) is 51.3 Å². The van der Waals surface area contributed by atoms with Crippen LogP contribution in [-0.4, -0.2) is 66.9 Å². The van der Waals surface area contributed by atoms with Crippen molar-refractivity contribution in [3.63, 3.8) is 0 Å². The van der Waals surface area contributed by atoms with Gasteiger partial charge in [0.25, 0.3) is 0 Å². The van der Waals surface area contributed by atoms with E-state index in [4.69, 9.17) is 9.72 Å². The smallest absolute Gasteiger partial charge is 0.317 e. The first-order valence-electron chi connectivity index (χ1n) is 8.39. The van der Waals surface area contributed by atoms with Crippen LogP contribution in [0, 0.1) is 0 Å². The zero-order valence-corrected chi connectivity index (χ0v) is 14.4. The van der Waals surface area contributed by atoms with Gasteiger partial charge < -0.3 is 24.4 Å². The molecule has 130 valence electrons. The molecule has 3 rings (SSSR count). The quantitative estimate of drug-likeness (QED) is 0.842. The van der Waals surface area contributed by atoms with Crippen LogP contribution in [0.25, 0.3) is 11.0 Å². The molecule has 2 heterocycles. The Kier molecular flexibility index (Phi) is 5.20. The number of piperazine rings is 1. The first kappa shape index (κ1) is 16.6. The van der Waals surface area contributed by atoms with Gasteiger partial charge in [-0.05, 0) is 18.6 Å². The number of imidazole rings is 1. The molecule has 1 aromatic carbocycles. The van der Waals surface area contributed by atoms with Crippen LogP contribution < -0.4 is 10.2 Å². The molecule has 0 unspecified atom stereocenters. The van der Waals surface area contributed by atoms with Crippen LogP contribution in [-0.2, 0) is 11.8 Å². The van der Waals surface area contributed by atoms with E-state index in [-0.39, 0.29) is 6.03 Å². The third-order valence-electron chi connectivity index (χ3n) is 4.41. The SMILES string of the molecule is COCCCNC(=O)N1CCN(c2nc3ccccc3n2C)CC1. The van der Waals surface area contributed by atoms with Crippen molar-refractivity contribution in [3.8, 4) is 0 Å². The molecule has 2 amide bonds. The van der Waals surface area contributed by atoms with Crippen LogP contribution in [0.4, 0.5) is 10.7 Å². The molecule has 0 aliphatic carbocycles. The number of para-hydroxylation sites is 2. The number of rotatable bonds is 5. The van der Waals surface area contributed by atoms with Crippen LogP contribution in [0.1, 0.15) is 6.42 Å². The molecule has 0 bridgehead atoms. The molecule has 0 radical (unpaired) electrons. The molecule has 1 saturated heterocycles. The van der Waals surface area contributed by atoms with Gasteiger partial charge in [-0.3, -0.25) is 0 Å². The number of hydrogen-bond donors (Lipinski definition) is 1. The number of fused-ring (bicyclic) bond motifs is 1. The van der Waals surface area contributed by atoms with Gasteiger partial charge in [0.15, 0.2) is 0 Å². The van der Waals surface area contributed by atoms with Crippen LogP contribution in [0.5, 0.6) is 0 Å². The summed E-state index contributed by atoms with van der Waals surface area (Å²) in [5.41, 5.74) is 2.14. The summed E-state index contributed by atoms with van der Waals surface area (Å²) in [4.78, 5) is 21.0. The molecule has 7 heteroatoms.